The van der Waals surface area contributed by atoms with E-state index in [-0.39, 0.29) is 19.0 Å². The lowest BCUT2D eigenvalue weighted by molar-refractivity contribution is -0.144. The van der Waals surface area contributed by atoms with Gasteiger partial charge in [0, 0.05) is 12.2 Å². The van der Waals surface area contributed by atoms with Gasteiger partial charge in [-0.25, -0.2) is 0 Å². The molecule has 0 aliphatic heterocycles. The molecule has 26 heavy (non-hydrogen) atoms. The Labute approximate surface area is 164 Å². The summed E-state index contributed by atoms with van der Waals surface area (Å²) in [5.41, 5.74) is 2.12. The molecule has 0 aliphatic carbocycles. The Kier molecular flexibility index (Phi) is 8.78. The predicted octanol–water partition coefficient (Wildman–Crippen LogP) is 3.51. The molecule has 0 amide bonds. The normalized spacial score (nSPS) is 10.5. The number of esters is 1. The van der Waals surface area contributed by atoms with Gasteiger partial charge < -0.3 is 20.0 Å². The predicted molar refractivity (Wildman–Crippen MR) is 105 cm³/mol. The Hall–Kier alpha value is -1.73. The first-order chi connectivity index (χ1) is 12.6. The Balaban J connectivity index is 1.93. The van der Waals surface area contributed by atoms with Crippen molar-refractivity contribution in [1.82, 2.24) is 5.23 Å². The van der Waals surface area contributed by atoms with Crippen LogP contribution in [0.15, 0.2) is 42.5 Å². The van der Waals surface area contributed by atoms with Crippen LogP contribution in [-0.4, -0.2) is 40.3 Å². The minimum absolute atomic E-state index is 0.121. The maximum Gasteiger partial charge on any atom is 0.310 e. The van der Waals surface area contributed by atoms with Gasteiger partial charge in [0.15, 0.2) is 7.98 Å². The van der Waals surface area contributed by atoms with Crippen LogP contribution in [-0.2, 0) is 20.7 Å². The summed E-state index contributed by atoms with van der Waals surface area (Å²) in [7, 11) is 5.13. The molecule has 0 heterocycles. The second kappa shape index (κ2) is 11.1. The van der Waals surface area contributed by atoms with Crippen molar-refractivity contribution in [2.24, 2.45) is 0 Å². The van der Waals surface area contributed by atoms with Crippen LogP contribution in [0.4, 0.5) is 11.4 Å². The van der Waals surface area contributed by atoms with Crippen molar-refractivity contribution >= 4 is 48.5 Å². The number of halogens is 2. The van der Waals surface area contributed by atoms with Crippen molar-refractivity contribution < 1.29 is 14.3 Å². The number of hydrogen-bond donors (Lipinski definition) is 2. The van der Waals surface area contributed by atoms with E-state index in [0.29, 0.717) is 35.5 Å². The topological polar surface area (TPSA) is 59.6 Å². The highest BCUT2D eigenvalue weighted by Crippen LogP contribution is 2.33. The van der Waals surface area contributed by atoms with Crippen LogP contribution in [0.2, 0.25) is 10.0 Å². The molecule has 0 spiro atoms. The summed E-state index contributed by atoms with van der Waals surface area (Å²) in [6.45, 7) is 1.51. The fourth-order valence-corrected chi connectivity index (χ4v) is 2.69. The molecule has 0 bridgehead atoms. The molecule has 0 aliphatic rings. The average molecular weight is 393 g/mol. The lowest BCUT2D eigenvalue weighted by Crippen LogP contribution is -2.18. The molecule has 0 aromatic heterocycles. The quantitative estimate of drug-likeness (QED) is 0.368. The van der Waals surface area contributed by atoms with E-state index in [2.05, 4.69) is 10.5 Å². The minimum Gasteiger partial charge on any atom is -0.463 e. The number of rotatable bonds is 10. The van der Waals surface area contributed by atoms with Crippen molar-refractivity contribution in [3.05, 3.63) is 58.1 Å². The van der Waals surface area contributed by atoms with Gasteiger partial charge in [-0.05, 0) is 23.8 Å². The molecule has 0 atom stereocenters. The Bertz CT molecular complexity index is 711. The number of carbonyl (C=O) groups excluding carboxylic acids is 1. The van der Waals surface area contributed by atoms with E-state index in [1.807, 2.05) is 24.3 Å². The SMILES string of the molecule is [B]NCCOCCOC(=O)Cc1ccccc1Nc1c(Cl)cccc1Cl. The fourth-order valence-electron chi connectivity index (χ4n) is 2.20. The van der Waals surface area contributed by atoms with Gasteiger partial charge in [0.05, 0.1) is 35.4 Å². The van der Waals surface area contributed by atoms with E-state index in [4.69, 9.17) is 40.7 Å². The molecule has 0 saturated heterocycles. The summed E-state index contributed by atoms with van der Waals surface area (Å²) in [6.07, 6.45) is 0.121. The van der Waals surface area contributed by atoms with Crippen molar-refractivity contribution in [2.45, 2.75) is 6.42 Å². The van der Waals surface area contributed by atoms with Crippen LogP contribution in [0.1, 0.15) is 5.56 Å². The number of para-hydroxylation sites is 2. The third kappa shape index (κ3) is 6.54. The highest BCUT2D eigenvalue weighted by molar-refractivity contribution is 6.39. The molecular weight excluding hydrogens is 374 g/mol. The molecule has 5 nitrogen and oxygen atoms in total. The largest absolute Gasteiger partial charge is 0.463 e. The first-order valence-electron chi connectivity index (χ1n) is 8.07. The molecule has 2 aromatic carbocycles. The van der Waals surface area contributed by atoms with E-state index >= 15 is 0 Å². The second-order valence-electron chi connectivity index (χ2n) is 5.34. The van der Waals surface area contributed by atoms with E-state index in [1.165, 1.54) is 0 Å². The van der Waals surface area contributed by atoms with Gasteiger partial charge >= 0.3 is 5.97 Å². The van der Waals surface area contributed by atoms with Crippen LogP contribution in [0.5, 0.6) is 0 Å². The van der Waals surface area contributed by atoms with Crippen molar-refractivity contribution in [3.8, 4) is 0 Å². The van der Waals surface area contributed by atoms with Gasteiger partial charge in [-0.1, -0.05) is 47.5 Å². The van der Waals surface area contributed by atoms with Crippen LogP contribution >= 0.6 is 23.2 Å². The summed E-state index contributed by atoms with van der Waals surface area (Å²) in [4.78, 5) is 12.0. The molecular formula is C18H19BCl2N2O3. The highest BCUT2D eigenvalue weighted by Gasteiger charge is 2.12. The molecule has 8 heteroatoms. The summed E-state index contributed by atoms with van der Waals surface area (Å²) >= 11 is 12.4. The van der Waals surface area contributed by atoms with E-state index in [9.17, 15) is 4.79 Å². The maximum atomic E-state index is 12.0. The Morgan fingerprint density at radius 1 is 1.00 bits per heavy atom. The van der Waals surface area contributed by atoms with Gasteiger partial charge in [-0.15, -0.1) is 0 Å². The van der Waals surface area contributed by atoms with Crippen molar-refractivity contribution in [3.63, 3.8) is 0 Å². The number of anilines is 2. The lowest BCUT2D eigenvalue weighted by atomic mass is 10.1. The molecule has 2 aromatic rings. The number of ether oxygens (including phenoxy) is 2. The van der Waals surface area contributed by atoms with Crippen LogP contribution in [0.25, 0.3) is 0 Å². The zero-order valence-electron chi connectivity index (χ0n) is 14.1. The number of hydrogen-bond acceptors (Lipinski definition) is 5. The summed E-state index contributed by atoms with van der Waals surface area (Å²) in [6, 6.07) is 12.7. The van der Waals surface area contributed by atoms with Gasteiger partial charge in [0.2, 0.25) is 0 Å². The maximum absolute atomic E-state index is 12.0. The van der Waals surface area contributed by atoms with E-state index in [0.717, 1.165) is 11.3 Å². The van der Waals surface area contributed by atoms with Crippen LogP contribution in [0, 0.1) is 0 Å². The van der Waals surface area contributed by atoms with Gasteiger partial charge in [0.25, 0.3) is 0 Å². The van der Waals surface area contributed by atoms with Crippen LogP contribution < -0.4 is 10.5 Å². The average Bonchev–Trinajstić information content (AvgIpc) is 2.62. The molecule has 0 saturated carbocycles. The molecule has 2 rings (SSSR count). The zero-order valence-corrected chi connectivity index (χ0v) is 15.6. The van der Waals surface area contributed by atoms with Crippen molar-refractivity contribution in [2.75, 3.05) is 31.7 Å². The highest BCUT2D eigenvalue weighted by atomic mass is 35.5. The third-order valence-electron chi connectivity index (χ3n) is 3.46. The second-order valence-corrected chi connectivity index (χ2v) is 6.16. The van der Waals surface area contributed by atoms with E-state index < -0.39 is 0 Å². The van der Waals surface area contributed by atoms with Gasteiger partial charge in [0.1, 0.15) is 6.61 Å². The lowest BCUT2D eigenvalue weighted by Gasteiger charge is -2.14. The zero-order chi connectivity index (χ0) is 18.8. The molecule has 2 N–H and O–H groups in total. The van der Waals surface area contributed by atoms with Crippen LogP contribution in [0.3, 0.4) is 0 Å². The van der Waals surface area contributed by atoms with Crippen molar-refractivity contribution in [1.29, 1.82) is 0 Å². The molecule has 0 unspecified atom stereocenters. The third-order valence-corrected chi connectivity index (χ3v) is 4.09. The van der Waals surface area contributed by atoms with Gasteiger partial charge in [-0.2, -0.15) is 0 Å². The number of benzene rings is 2. The summed E-state index contributed by atoms with van der Waals surface area (Å²) in [5, 5.41) is 6.66. The van der Waals surface area contributed by atoms with E-state index in [1.54, 1.807) is 18.2 Å². The molecule has 0 fully saturated rings. The standard InChI is InChI=1S/C18H19BCl2N2O3/c19-22-8-9-25-10-11-26-17(24)12-13-4-1-2-7-16(13)23-18-14(20)5-3-6-15(18)21/h1-7,22-23H,8-12H2. The number of carbonyl (C=O) groups is 1. The number of nitrogens with one attached hydrogen (secondary N) is 2. The first-order valence-corrected chi connectivity index (χ1v) is 8.83. The fraction of sp³-hybridized carbons (Fsp3) is 0.278. The summed E-state index contributed by atoms with van der Waals surface area (Å²) < 4.78 is 10.4. The summed E-state index contributed by atoms with van der Waals surface area (Å²) in [5.74, 6) is -0.343. The Morgan fingerprint density at radius 2 is 1.73 bits per heavy atom. The first kappa shape index (κ1) is 20.6. The minimum atomic E-state index is -0.343. The monoisotopic (exact) mass is 392 g/mol. The Morgan fingerprint density at radius 3 is 2.46 bits per heavy atom. The smallest absolute Gasteiger partial charge is 0.310 e. The van der Waals surface area contributed by atoms with Gasteiger partial charge in [-0.3, -0.25) is 4.79 Å². The molecule has 136 valence electrons. The molecule has 2 radical (unpaired) electrons.